The van der Waals surface area contributed by atoms with Crippen LogP contribution in [0.4, 0.5) is 5.69 Å². The maximum atomic E-state index is 14.0. The number of nitrogens with zero attached hydrogens (tertiary/aromatic N) is 2. The first-order valence-corrected chi connectivity index (χ1v) is 14.4. The normalized spacial score (nSPS) is 29.0. The average molecular weight is 589 g/mol. The predicted octanol–water partition coefficient (Wildman–Crippen LogP) is 2.09. The lowest BCUT2D eigenvalue weighted by atomic mass is 9.57. The van der Waals surface area contributed by atoms with E-state index in [0.29, 0.717) is 5.56 Å². The molecule has 6 rings (SSSR count). The first-order chi connectivity index (χ1) is 20.4. The molecule has 0 aromatic heterocycles. The summed E-state index contributed by atoms with van der Waals surface area (Å²) in [6.07, 6.45) is 2.73. The number of likely N-dealkylation sites (tertiary alicyclic amines) is 1. The molecule has 11 nitrogen and oxygen atoms in total. The van der Waals surface area contributed by atoms with Crippen molar-refractivity contribution in [1.29, 1.82) is 0 Å². The van der Waals surface area contributed by atoms with Crippen molar-refractivity contribution in [3.63, 3.8) is 0 Å². The molecule has 0 spiro atoms. The molecule has 1 amide bonds. The third-order valence-corrected chi connectivity index (χ3v) is 9.65. The third kappa shape index (κ3) is 4.25. The lowest BCUT2D eigenvalue weighted by Gasteiger charge is -2.50. The van der Waals surface area contributed by atoms with Crippen molar-refractivity contribution in [3.05, 3.63) is 64.4 Å². The van der Waals surface area contributed by atoms with Gasteiger partial charge < -0.3 is 31.5 Å². The second-order valence-electron chi connectivity index (χ2n) is 12.3. The van der Waals surface area contributed by atoms with E-state index in [4.69, 9.17) is 5.73 Å². The van der Waals surface area contributed by atoms with Gasteiger partial charge in [0.15, 0.2) is 11.4 Å². The van der Waals surface area contributed by atoms with Gasteiger partial charge in [-0.1, -0.05) is 18.2 Å². The number of ketones is 2. The smallest absolute Gasteiger partial charge is 0.255 e. The van der Waals surface area contributed by atoms with E-state index in [9.17, 15) is 34.8 Å². The maximum absolute atomic E-state index is 14.0. The summed E-state index contributed by atoms with van der Waals surface area (Å²) in [6.45, 7) is 1.04. The van der Waals surface area contributed by atoms with E-state index in [1.807, 2.05) is 24.3 Å². The molecule has 2 fully saturated rings. The minimum Gasteiger partial charge on any atom is -0.508 e. The summed E-state index contributed by atoms with van der Waals surface area (Å²) in [6, 6.07) is 9.97. The number of rotatable bonds is 5. The third-order valence-electron chi connectivity index (χ3n) is 9.65. The van der Waals surface area contributed by atoms with Gasteiger partial charge in [0.2, 0.25) is 5.78 Å². The lowest BCUT2D eigenvalue weighted by molar-refractivity contribution is -0.153. The lowest BCUT2D eigenvalue weighted by Crippen LogP contribution is -2.65. The summed E-state index contributed by atoms with van der Waals surface area (Å²) in [5.74, 6) is -6.66. The molecule has 4 aliphatic rings. The maximum Gasteiger partial charge on any atom is 0.255 e. The number of nitrogens with two attached hydrogens (primary N) is 1. The van der Waals surface area contributed by atoms with Gasteiger partial charge in [0.25, 0.3) is 5.91 Å². The zero-order valence-corrected chi connectivity index (χ0v) is 24.3. The van der Waals surface area contributed by atoms with Crippen LogP contribution in [-0.4, -0.2) is 93.2 Å². The van der Waals surface area contributed by atoms with E-state index in [-0.39, 0.29) is 35.9 Å². The second-order valence-corrected chi connectivity index (χ2v) is 12.3. The number of likely N-dealkylation sites (N-methyl/N-ethyl adjacent to an activating group) is 1. The highest BCUT2D eigenvalue weighted by Gasteiger charge is 2.64. The van der Waals surface area contributed by atoms with Gasteiger partial charge in [-0.25, -0.2) is 0 Å². The number of hydrogen-bond acceptors (Lipinski definition) is 10. The van der Waals surface area contributed by atoms with Gasteiger partial charge in [0, 0.05) is 17.2 Å². The Kier molecular flexibility index (Phi) is 6.87. The summed E-state index contributed by atoms with van der Waals surface area (Å²) in [7, 11) is 5.24. The molecule has 226 valence electrons. The van der Waals surface area contributed by atoms with Crippen molar-refractivity contribution in [2.45, 2.75) is 43.5 Å². The minimum atomic E-state index is -2.66. The standard InChI is InChI=1S/C32H36N4O7/c1-35(2)26-20-14-16-13-19-18(15-6-8-17(9-7-15)34-22-5-4-12-36(22)3)10-11-21(37)24(19)27(38)23(16)29(40)32(20,43)30(41)25(28(26)39)31(33)42/h6-11,16,20,22,26,34,37-38,41,43H,4-5,12-14H2,1-3H3,(H2,33,42)/t16-,20-,22?,26+,32-/m0/s1. The molecule has 7 N–H and O–H groups in total. The summed E-state index contributed by atoms with van der Waals surface area (Å²) >= 11 is 0. The van der Waals surface area contributed by atoms with E-state index >= 15 is 0 Å². The van der Waals surface area contributed by atoms with E-state index < -0.39 is 58.0 Å². The number of anilines is 1. The highest BCUT2D eigenvalue weighted by molar-refractivity contribution is 6.24. The number of nitrogens with one attached hydrogen (secondary N) is 1. The van der Waals surface area contributed by atoms with Crippen LogP contribution in [0.15, 0.2) is 53.3 Å². The topological polar surface area (TPSA) is 177 Å². The fourth-order valence-electron chi connectivity index (χ4n) is 7.55. The molecule has 1 saturated carbocycles. The number of aromatic hydroxyl groups is 1. The van der Waals surface area contributed by atoms with Gasteiger partial charge in [0.1, 0.15) is 22.8 Å². The van der Waals surface area contributed by atoms with Crippen LogP contribution >= 0.6 is 0 Å². The number of amides is 1. The SMILES string of the molecule is CN1CCCC1Nc1ccc(-c2ccc(O)c3c2C[C@H]2C[C@H]4[C@@H](N(C)C)C(=O)C(C(N)=O)=C(O)[C@@]4(O)C(=O)C2=C3O)cc1. The van der Waals surface area contributed by atoms with E-state index in [1.165, 1.54) is 11.0 Å². The van der Waals surface area contributed by atoms with Crippen LogP contribution in [0.25, 0.3) is 16.9 Å². The number of phenolic OH excluding ortho intramolecular Hbond substituents is 1. The number of phenols is 1. The molecule has 0 bridgehead atoms. The molecule has 1 aliphatic heterocycles. The fourth-order valence-corrected chi connectivity index (χ4v) is 7.55. The minimum absolute atomic E-state index is 0.0403. The van der Waals surface area contributed by atoms with E-state index in [0.717, 1.165) is 36.2 Å². The number of benzene rings is 2. The largest absolute Gasteiger partial charge is 0.508 e. The van der Waals surface area contributed by atoms with Crippen molar-refractivity contribution >= 4 is 28.9 Å². The molecular formula is C32H36N4O7. The molecule has 5 atom stereocenters. The summed E-state index contributed by atoms with van der Waals surface area (Å²) in [5, 5.41) is 48.7. The number of carbonyl (C=O) groups is 3. The van der Waals surface area contributed by atoms with Crippen LogP contribution in [0.5, 0.6) is 5.75 Å². The molecule has 1 saturated heterocycles. The van der Waals surface area contributed by atoms with Crippen LogP contribution in [0.2, 0.25) is 0 Å². The van der Waals surface area contributed by atoms with Gasteiger partial charge in [-0.2, -0.15) is 0 Å². The van der Waals surface area contributed by atoms with Gasteiger partial charge in [-0.15, -0.1) is 0 Å². The average Bonchev–Trinajstić information content (AvgIpc) is 3.35. The number of Topliss-reactive ketones (excluding diaryl/α,β-unsaturated/α-hetero) is 2. The summed E-state index contributed by atoms with van der Waals surface area (Å²) < 4.78 is 0. The van der Waals surface area contributed by atoms with Gasteiger partial charge >= 0.3 is 0 Å². The molecule has 3 aliphatic carbocycles. The highest BCUT2D eigenvalue weighted by atomic mass is 16.3. The number of carbonyl (C=O) groups excluding carboxylic acids is 3. The molecular weight excluding hydrogens is 552 g/mol. The Labute approximate surface area is 248 Å². The van der Waals surface area contributed by atoms with Crippen LogP contribution < -0.4 is 11.1 Å². The molecule has 2 aromatic carbocycles. The molecule has 43 heavy (non-hydrogen) atoms. The summed E-state index contributed by atoms with van der Waals surface area (Å²) in [5.41, 5.74) is 5.01. The Morgan fingerprint density at radius 1 is 1.09 bits per heavy atom. The number of hydrogen-bond donors (Lipinski definition) is 6. The number of aliphatic hydroxyl groups excluding tert-OH is 2. The molecule has 0 radical (unpaired) electrons. The van der Waals surface area contributed by atoms with Crippen molar-refractivity contribution in [2.75, 3.05) is 33.0 Å². The second kappa shape index (κ2) is 10.2. The quantitative estimate of drug-likeness (QED) is 0.284. The van der Waals surface area contributed by atoms with Crippen LogP contribution in [0, 0.1) is 11.8 Å². The molecule has 1 heterocycles. The van der Waals surface area contributed by atoms with Crippen molar-refractivity contribution in [3.8, 4) is 16.9 Å². The van der Waals surface area contributed by atoms with E-state index in [1.54, 1.807) is 20.2 Å². The number of primary amides is 1. The highest BCUT2D eigenvalue weighted by Crippen LogP contribution is 2.53. The van der Waals surface area contributed by atoms with Crippen LogP contribution in [0.1, 0.15) is 30.4 Å². The zero-order valence-electron chi connectivity index (χ0n) is 24.3. The van der Waals surface area contributed by atoms with Crippen LogP contribution in [-0.2, 0) is 20.8 Å². The Morgan fingerprint density at radius 3 is 2.40 bits per heavy atom. The molecule has 1 unspecified atom stereocenters. The van der Waals surface area contributed by atoms with Crippen molar-refractivity contribution in [2.24, 2.45) is 17.6 Å². The van der Waals surface area contributed by atoms with Gasteiger partial charge in [0.05, 0.1) is 17.8 Å². The fraction of sp³-hybridized carbons (Fsp3) is 0.406. The number of aliphatic hydroxyl groups is 3. The van der Waals surface area contributed by atoms with Crippen molar-refractivity contribution < 1.29 is 34.8 Å². The first kappa shape index (κ1) is 28.9. The first-order valence-electron chi connectivity index (χ1n) is 14.4. The molecule has 2 aromatic rings. The Morgan fingerprint density at radius 2 is 1.79 bits per heavy atom. The summed E-state index contributed by atoms with van der Waals surface area (Å²) in [4.78, 5) is 43.2. The van der Waals surface area contributed by atoms with Crippen molar-refractivity contribution in [1.82, 2.24) is 9.80 Å². The Bertz CT molecular complexity index is 1610. The molecule has 11 heteroatoms. The monoisotopic (exact) mass is 588 g/mol. The zero-order chi connectivity index (χ0) is 31.0. The van der Waals surface area contributed by atoms with E-state index in [2.05, 4.69) is 17.3 Å². The van der Waals surface area contributed by atoms with Crippen LogP contribution in [0.3, 0.4) is 0 Å². The van der Waals surface area contributed by atoms with Gasteiger partial charge in [-0.05, 0) is 94.2 Å². The predicted molar refractivity (Wildman–Crippen MR) is 159 cm³/mol. The Balaban J connectivity index is 1.43. The number of fused-ring (bicyclic) bond motifs is 3. The van der Waals surface area contributed by atoms with Gasteiger partial charge in [-0.3, -0.25) is 24.2 Å². The Hall–Kier alpha value is -4.19.